The van der Waals surface area contributed by atoms with Crippen molar-refractivity contribution in [1.29, 1.82) is 0 Å². The van der Waals surface area contributed by atoms with E-state index >= 15 is 0 Å². The Morgan fingerprint density at radius 1 is 0.912 bits per heavy atom. The maximum atomic E-state index is 13.2. The minimum atomic E-state index is -0.234. The van der Waals surface area contributed by atoms with Crippen molar-refractivity contribution in [3.05, 3.63) is 66.7 Å². The van der Waals surface area contributed by atoms with Gasteiger partial charge in [0.1, 0.15) is 0 Å². The summed E-state index contributed by atoms with van der Waals surface area (Å²) in [6.45, 7) is 5.06. The monoisotopic (exact) mass is 471 g/mol. The number of rotatable bonds is 8. The highest BCUT2D eigenvalue weighted by atomic mass is 32.2. The molecule has 0 spiro atoms. The fourth-order valence-corrected chi connectivity index (χ4v) is 5.43. The molecule has 0 aliphatic heterocycles. The SMILES string of the molecule is CCC(Sc1cccc(NC(=O)C2CC2)c1)C(=O)Nc1ccc2c(c1)c1ccccc1n2CC. The average molecular weight is 472 g/mol. The van der Waals surface area contributed by atoms with Gasteiger partial charge >= 0.3 is 0 Å². The summed E-state index contributed by atoms with van der Waals surface area (Å²) in [6.07, 6.45) is 2.65. The molecule has 4 aromatic rings. The molecule has 34 heavy (non-hydrogen) atoms. The lowest BCUT2D eigenvalue weighted by atomic mass is 10.1. The largest absolute Gasteiger partial charge is 0.341 e. The number of anilines is 2. The van der Waals surface area contributed by atoms with Crippen LogP contribution in [0.3, 0.4) is 0 Å². The lowest BCUT2D eigenvalue weighted by Crippen LogP contribution is -2.24. The minimum Gasteiger partial charge on any atom is -0.341 e. The van der Waals surface area contributed by atoms with E-state index in [2.05, 4.69) is 58.5 Å². The van der Waals surface area contributed by atoms with Crippen molar-refractivity contribution >= 4 is 56.8 Å². The topological polar surface area (TPSA) is 63.1 Å². The molecule has 1 unspecified atom stereocenters. The highest BCUT2D eigenvalue weighted by molar-refractivity contribution is 8.00. The number of fused-ring (bicyclic) bond motifs is 3. The van der Waals surface area contributed by atoms with E-state index in [1.807, 2.05) is 37.3 Å². The molecule has 1 atom stereocenters. The molecule has 2 amide bonds. The molecule has 0 saturated heterocycles. The second-order valence-electron chi connectivity index (χ2n) is 8.79. The molecule has 1 heterocycles. The van der Waals surface area contributed by atoms with Gasteiger partial charge in [0.2, 0.25) is 11.8 Å². The molecule has 1 fully saturated rings. The molecule has 1 aliphatic carbocycles. The van der Waals surface area contributed by atoms with Crippen molar-refractivity contribution in [3.63, 3.8) is 0 Å². The number of hydrogen-bond acceptors (Lipinski definition) is 3. The van der Waals surface area contributed by atoms with E-state index in [9.17, 15) is 9.59 Å². The van der Waals surface area contributed by atoms with Crippen LogP contribution in [0.1, 0.15) is 33.1 Å². The van der Waals surface area contributed by atoms with Crippen molar-refractivity contribution < 1.29 is 9.59 Å². The Labute approximate surface area is 203 Å². The summed E-state index contributed by atoms with van der Waals surface area (Å²) in [7, 11) is 0. The summed E-state index contributed by atoms with van der Waals surface area (Å²) >= 11 is 1.53. The van der Waals surface area contributed by atoms with E-state index in [0.29, 0.717) is 6.42 Å². The minimum absolute atomic E-state index is 0.0153. The number of thioether (sulfide) groups is 1. The number of carbonyl (C=O) groups excluding carboxylic acids is 2. The van der Waals surface area contributed by atoms with E-state index in [1.54, 1.807) is 0 Å². The molecule has 5 nitrogen and oxygen atoms in total. The molecule has 0 radical (unpaired) electrons. The first-order chi connectivity index (χ1) is 16.6. The maximum absolute atomic E-state index is 13.2. The second kappa shape index (κ2) is 9.55. The van der Waals surface area contributed by atoms with Crippen LogP contribution in [0.25, 0.3) is 21.8 Å². The molecule has 6 heteroatoms. The Balaban J connectivity index is 1.33. The Kier molecular flexibility index (Phi) is 6.33. The maximum Gasteiger partial charge on any atom is 0.237 e. The second-order valence-corrected chi connectivity index (χ2v) is 10.1. The van der Waals surface area contributed by atoms with Gasteiger partial charge in [-0.25, -0.2) is 0 Å². The van der Waals surface area contributed by atoms with Crippen LogP contribution >= 0.6 is 11.8 Å². The van der Waals surface area contributed by atoms with Crippen LogP contribution < -0.4 is 10.6 Å². The number of hydrogen-bond donors (Lipinski definition) is 2. The van der Waals surface area contributed by atoms with Gasteiger partial charge in [0.25, 0.3) is 0 Å². The molecule has 3 aromatic carbocycles. The van der Waals surface area contributed by atoms with Crippen LogP contribution in [0.5, 0.6) is 0 Å². The quantitative estimate of drug-likeness (QED) is 0.282. The number of nitrogens with one attached hydrogen (secondary N) is 2. The van der Waals surface area contributed by atoms with Gasteiger partial charge in [-0.15, -0.1) is 11.8 Å². The van der Waals surface area contributed by atoms with Gasteiger partial charge < -0.3 is 15.2 Å². The van der Waals surface area contributed by atoms with Crippen LogP contribution in [0.15, 0.2) is 71.6 Å². The lowest BCUT2D eigenvalue weighted by molar-refractivity contribution is -0.117. The van der Waals surface area contributed by atoms with Gasteiger partial charge in [-0.2, -0.15) is 0 Å². The first-order valence-electron chi connectivity index (χ1n) is 12.0. The summed E-state index contributed by atoms with van der Waals surface area (Å²) in [5, 5.41) is 8.23. The van der Waals surface area contributed by atoms with Gasteiger partial charge in [0.15, 0.2) is 0 Å². The highest BCUT2D eigenvalue weighted by Crippen LogP contribution is 2.33. The molecular formula is C28H29N3O2S. The summed E-state index contributed by atoms with van der Waals surface area (Å²) in [6, 6.07) is 22.3. The number of nitrogens with zero attached hydrogens (tertiary/aromatic N) is 1. The Hall–Kier alpha value is -3.25. The molecule has 174 valence electrons. The van der Waals surface area contributed by atoms with Crippen molar-refractivity contribution in [2.45, 2.75) is 49.8 Å². The molecule has 1 saturated carbocycles. The summed E-state index contributed by atoms with van der Waals surface area (Å²) in [5.41, 5.74) is 3.98. The Bertz CT molecular complexity index is 1370. The van der Waals surface area contributed by atoms with Crippen molar-refractivity contribution in [2.24, 2.45) is 5.92 Å². The van der Waals surface area contributed by atoms with E-state index in [4.69, 9.17) is 0 Å². The van der Waals surface area contributed by atoms with E-state index < -0.39 is 0 Å². The molecule has 5 rings (SSSR count). The zero-order valence-electron chi connectivity index (χ0n) is 19.5. The molecule has 1 aromatic heterocycles. The fourth-order valence-electron chi connectivity index (χ4n) is 4.42. The predicted molar refractivity (Wildman–Crippen MR) is 141 cm³/mol. The number of amides is 2. The van der Waals surface area contributed by atoms with Gasteiger partial charge in [0, 0.05) is 50.5 Å². The van der Waals surface area contributed by atoms with E-state index in [-0.39, 0.29) is 23.0 Å². The Morgan fingerprint density at radius 3 is 2.44 bits per heavy atom. The van der Waals surface area contributed by atoms with E-state index in [1.165, 1.54) is 28.2 Å². The van der Waals surface area contributed by atoms with Gasteiger partial charge in [-0.1, -0.05) is 31.2 Å². The third-order valence-corrected chi connectivity index (χ3v) is 7.71. The highest BCUT2D eigenvalue weighted by Gasteiger charge is 2.29. The van der Waals surface area contributed by atoms with E-state index in [0.717, 1.165) is 41.0 Å². The zero-order valence-corrected chi connectivity index (χ0v) is 20.3. The first kappa shape index (κ1) is 22.5. The van der Waals surface area contributed by atoms with Gasteiger partial charge in [-0.05, 0) is 68.7 Å². The predicted octanol–water partition coefficient (Wildman–Crippen LogP) is 6.67. The van der Waals surface area contributed by atoms with Gasteiger partial charge in [0.05, 0.1) is 5.25 Å². The number of para-hydroxylation sites is 1. The summed E-state index contributed by atoms with van der Waals surface area (Å²) in [4.78, 5) is 26.2. The fraction of sp³-hybridized carbons (Fsp3) is 0.286. The first-order valence-corrected chi connectivity index (χ1v) is 12.8. The molecule has 0 bridgehead atoms. The van der Waals surface area contributed by atoms with Crippen LogP contribution in [0.2, 0.25) is 0 Å². The van der Waals surface area contributed by atoms with Crippen LogP contribution in [-0.2, 0) is 16.1 Å². The van der Waals surface area contributed by atoms with Crippen molar-refractivity contribution in [1.82, 2.24) is 4.57 Å². The van der Waals surface area contributed by atoms with Crippen LogP contribution in [0.4, 0.5) is 11.4 Å². The average Bonchev–Trinajstić information content (AvgIpc) is 3.65. The molecule has 1 aliphatic rings. The third kappa shape index (κ3) is 4.55. The standard InChI is InChI=1S/C28H29N3O2S/c1-3-26(34-21-9-7-8-19(16-21)29-27(32)18-12-13-18)28(33)30-20-14-15-25-23(17-20)22-10-5-6-11-24(22)31(25)4-2/h5-11,14-18,26H,3-4,12-13H2,1-2H3,(H,29,32)(H,30,33). The third-order valence-electron chi connectivity index (χ3n) is 6.35. The summed E-state index contributed by atoms with van der Waals surface area (Å²) < 4.78 is 2.30. The van der Waals surface area contributed by atoms with Crippen molar-refractivity contribution in [3.8, 4) is 0 Å². The summed E-state index contributed by atoms with van der Waals surface area (Å²) in [5.74, 6) is 0.236. The van der Waals surface area contributed by atoms with Crippen molar-refractivity contribution in [2.75, 3.05) is 10.6 Å². The lowest BCUT2D eigenvalue weighted by Gasteiger charge is -2.16. The molecular weight excluding hydrogens is 442 g/mol. The molecule has 2 N–H and O–H groups in total. The van der Waals surface area contributed by atoms with Gasteiger partial charge in [-0.3, -0.25) is 9.59 Å². The Morgan fingerprint density at radius 2 is 1.68 bits per heavy atom. The number of aromatic nitrogens is 1. The van der Waals surface area contributed by atoms with Crippen LogP contribution in [-0.4, -0.2) is 21.6 Å². The number of aryl methyl sites for hydroxylation is 1. The number of benzene rings is 3. The zero-order chi connectivity index (χ0) is 23.7. The smallest absolute Gasteiger partial charge is 0.237 e. The van der Waals surface area contributed by atoms with Crippen LogP contribution in [0, 0.1) is 5.92 Å². The number of carbonyl (C=O) groups is 2. The normalized spacial score (nSPS) is 14.3.